The smallest absolute Gasteiger partial charge is 0.222 e. The third kappa shape index (κ3) is 4.11. The third-order valence-corrected chi connectivity index (χ3v) is 10.2. The molecule has 0 bridgehead atoms. The van der Waals surface area contributed by atoms with Gasteiger partial charge in [-0.1, -0.05) is 49.2 Å². The summed E-state index contributed by atoms with van der Waals surface area (Å²) in [6.07, 6.45) is 4.35. The number of benzene rings is 2. The fraction of sp³-hybridized carbons (Fsp3) is 0.500. The zero-order valence-corrected chi connectivity index (χ0v) is 20.4. The summed E-state index contributed by atoms with van der Waals surface area (Å²) in [5.41, 5.74) is 1.64. The molecular formula is C26H32FN3O3S. The van der Waals surface area contributed by atoms with Gasteiger partial charge in [0.1, 0.15) is 11.1 Å². The molecule has 0 N–H and O–H groups in total. The summed E-state index contributed by atoms with van der Waals surface area (Å²) in [7, 11) is -3.57. The highest BCUT2D eigenvalue weighted by atomic mass is 32.2. The van der Waals surface area contributed by atoms with Crippen molar-refractivity contribution < 1.29 is 17.6 Å². The molecule has 1 spiro atoms. The van der Waals surface area contributed by atoms with Crippen molar-refractivity contribution in [2.45, 2.75) is 56.4 Å². The van der Waals surface area contributed by atoms with Crippen LogP contribution in [0.4, 0.5) is 10.1 Å². The second-order valence-electron chi connectivity index (χ2n) is 9.87. The molecule has 3 aliphatic rings. The predicted molar refractivity (Wildman–Crippen MR) is 130 cm³/mol. The van der Waals surface area contributed by atoms with Crippen LogP contribution in [0, 0.1) is 5.82 Å². The van der Waals surface area contributed by atoms with Crippen LogP contribution in [0.2, 0.25) is 0 Å². The van der Waals surface area contributed by atoms with Gasteiger partial charge in [-0.05, 0) is 42.5 Å². The number of hydrogen-bond donors (Lipinski definition) is 0. The van der Waals surface area contributed by atoms with E-state index >= 15 is 4.39 Å². The largest absolute Gasteiger partial charge is 0.366 e. The minimum absolute atomic E-state index is 0.0388. The molecule has 0 aromatic heterocycles. The van der Waals surface area contributed by atoms with Crippen LogP contribution in [0.5, 0.6) is 0 Å². The second-order valence-corrected chi connectivity index (χ2v) is 11.9. The van der Waals surface area contributed by atoms with Gasteiger partial charge in [0.2, 0.25) is 15.9 Å². The van der Waals surface area contributed by atoms with Gasteiger partial charge in [0.25, 0.3) is 0 Å². The van der Waals surface area contributed by atoms with E-state index < -0.39 is 15.3 Å². The van der Waals surface area contributed by atoms with Gasteiger partial charge in [-0.2, -0.15) is 4.31 Å². The maximum Gasteiger partial charge on any atom is 0.222 e. The van der Waals surface area contributed by atoms with E-state index in [1.807, 2.05) is 41.3 Å². The van der Waals surface area contributed by atoms with Crippen LogP contribution in [0.3, 0.4) is 0 Å². The first-order valence-corrected chi connectivity index (χ1v) is 13.7. The van der Waals surface area contributed by atoms with E-state index in [4.69, 9.17) is 0 Å². The Morgan fingerprint density at radius 2 is 1.71 bits per heavy atom. The van der Waals surface area contributed by atoms with Crippen molar-refractivity contribution in [2.24, 2.45) is 0 Å². The van der Waals surface area contributed by atoms with Gasteiger partial charge in [0.05, 0.1) is 5.69 Å². The highest BCUT2D eigenvalue weighted by Crippen LogP contribution is 2.53. The van der Waals surface area contributed by atoms with Gasteiger partial charge in [-0.3, -0.25) is 4.79 Å². The highest BCUT2D eigenvalue weighted by Gasteiger charge is 2.56. The van der Waals surface area contributed by atoms with Crippen molar-refractivity contribution in [3.8, 4) is 0 Å². The Bertz CT molecular complexity index is 1160. The number of piperazine rings is 1. The van der Waals surface area contributed by atoms with Crippen LogP contribution < -0.4 is 4.90 Å². The van der Waals surface area contributed by atoms with Crippen LogP contribution in [0.15, 0.2) is 48.5 Å². The van der Waals surface area contributed by atoms with E-state index in [0.29, 0.717) is 43.9 Å². The summed E-state index contributed by atoms with van der Waals surface area (Å²) >= 11 is 0. The zero-order chi connectivity index (χ0) is 23.9. The number of anilines is 1. The predicted octanol–water partition coefficient (Wildman–Crippen LogP) is 4.08. The second kappa shape index (κ2) is 8.96. The minimum atomic E-state index is -3.57. The molecule has 1 saturated carbocycles. The molecule has 34 heavy (non-hydrogen) atoms. The van der Waals surface area contributed by atoms with Crippen molar-refractivity contribution in [3.05, 3.63) is 65.5 Å². The molecule has 6 nitrogen and oxygen atoms in total. The molecule has 2 saturated heterocycles. The van der Waals surface area contributed by atoms with Crippen molar-refractivity contribution in [1.82, 2.24) is 9.21 Å². The van der Waals surface area contributed by atoms with Gasteiger partial charge in [0, 0.05) is 45.2 Å². The highest BCUT2D eigenvalue weighted by molar-refractivity contribution is 7.89. The van der Waals surface area contributed by atoms with Crippen molar-refractivity contribution in [2.75, 3.05) is 31.1 Å². The van der Waals surface area contributed by atoms with Crippen LogP contribution in [-0.4, -0.2) is 55.2 Å². The maximum atomic E-state index is 15.2. The normalized spacial score (nSPS) is 24.1. The summed E-state index contributed by atoms with van der Waals surface area (Å²) in [6, 6.07) is 14.6. The molecule has 1 aliphatic carbocycles. The fourth-order valence-electron chi connectivity index (χ4n) is 6.01. The number of carbonyl (C=O) groups is 1. The number of sulfonamides is 1. The van der Waals surface area contributed by atoms with Crippen molar-refractivity contribution in [1.29, 1.82) is 0 Å². The van der Waals surface area contributed by atoms with Crippen LogP contribution in [0.25, 0.3) is 0 Å². The lowest BCUT2D eigenvalue weighted by Gasteiger charge is -2.36. The quantitative estimate of drug-likeness (QED) is 0.655. The fourth-order valence-corrected chi connectivity index (χ4v) is 8.47. The molecule has 0 radical (unpaired) electrons. The van der Waals surface area contributed by atoms with E-state index in [0.717, 1.165) is 31.2 Å². The molecule has 2 aromatic rings. The number of nitrogens with zero attached hydrogens (tertiary/aromatic N) is 3. The number of amides is 1. The van der Waals surface area contributed by atoms with Gasteiger partial charge in [0.15, 0.2) is 0 Å². The molecule has 1 unspecified atom stereocenters. The zero-order valence-electron chi connectivity index (χ0n) is 19.6. The number of hydrogen-bond acceptors (Lipinski definition) is 4. The first-order valence-electron chi connectivity index (χ1n) is 12.2. The number of rotatable bonds is 4. The number of halogens is 1. The van der Waals surface area contributed by atoms with Gasteiger partial charge >= 0.3 is 0 Å². The average molecular weight is 486 g/mol. The standard InChI is InChI=1S/C26H32FN3O3S/c1-20(31)28-13-15-29(16-14-28)24-10-9-21(17-23(24)27)19-30-26(11-5-6-12-26)18-25(34(30,32)33)22-7-3-2-4-8-22/h2-4,7-10,17,25H,5-6,11-16,18-19H2,1H3. The monoisotopic (exact) mass is 485 g/mol. The summed E-state index contributed by atoms with van der Waals surface area (Å²) in [5.74, 6) is -0.303. The summed E-state index contributed by atoms with van der Waals surface area (Å²) in [4.78, 5) is 15.3. The van der Waals surface area contributed by atoms with Gasteiger partial charge in [-0.15, -0.1) is 0 Å². The van der Waals surface area contributed by atoms with Gasteiger partial charge in [-0.25, -0.2) is 12.8 Å². The van der Waals surface area contributed by atoms with E-state index in [1.165, 1.54) is 6.07 Å². The van der Waals surface area contributed by atoms with Crippen LogP contribution >= 0.6 is 0 Å². The number of carbonyl (C=O) groups excluding carboxylic acids is 1. The summed E-state index contributed by atoms with van der Waals surface area (Å²) in [6.45, 7) is 4.06. The van der Waals surface area contributed by atoms with Gasteiger partial charge < -0.3 is 9.80 Å². The molecule has 2 heterocycles. The Kier molecular flexibility index (Phi) is 6.14. The first-order chi connectivity index (χ1) is 16.3. The van der Waals surface area contributed by atoms with Crippen LogP contribution in [0.1, 0.15) is 55.4 Å². The molecule has 1 amide bonds. The van der Waals surface area contributed by atoms with E-state index in [1.54, 1.807) is 22.2 Å². The Labute approximate surface area is 201 Å². The lowest BCUT2D eigenvalue weighted by molar-refractivity contribution is -0.129. The Morgan fingerprint density at radius 1 is 1.03 bits per heavy atom. The lowest BCUT2D eigenvalue weighted by atomic mass is 9.89. The molecule has 1 atom stereocenters. The molecule has 5 rings (SSSR count). The molecular weight excluding hydrogens is 453 g/mol. The third-order valence-electron chi connectivity index (χ3n) is 7.87. The van der Waals surface area contributed by atoms with Crippen molar-refractivity contribution in [3.63, 3.8) is 0 Å². The first kappa shape index (κ1) is 23.3. The SMILES string of the molecule is CC(=O)N1CCN(c2ccc(CN3C4(CCCC4)CC(c4ccccc4)S3(=O)=O)cc2F)CC1. The lowest BCUT2D eigenvalue weighted by Crippen LogP contribution is -2.48. The topological polar surface area (TPSA) is 60.9 Å². The molecule has 2 aliphatic heterocycles. The average Bonchev–Trinajstić information content (AvgIpc) is 3.38. The van der Waals surface area contributed by atoms with E-state index in [2.05, 4.69) is 0 Å². The van der Waals surface area contributed by atoms with Crippen molar-refractivity contribution >= 4 is 21.6 Å². The Balaban J connectivity index is 1.38. The Morgan fingerprint density at radius 3 is 2.32 bits per heavy atom. The van der Waals surface area contributed by atoms with E-state index in [9.17, 15) is 13.2 Å². The molecule has 182 valence electrons. The minimum Gasteiger partial charge on any atom is -0.366 e. The molecule has 8 heteroatoms. The molecule has 2 aromatic carbocycles. The summed E-state index contributed by atoms with van der Waals surface area (Å²) in [5, 5.41) is -0.548. The maximum absolute atomic E-state index is 15.2. The summed E-state index contributed by atoms with van der Waals surface area (Å²) < 4.78 is 44.3. The Hall–Kier alpha value is -2.45. The van der Waals surface area contributed by atoms with Crippen LogP contribution in [-0.2, 0) is 21.4 Å². The van der Waals surface area contributed by atoms with E-state index in [-0.39, 0.29) is 23.8 Å². The molecule has 3 fully saturated rings.